The van der Waals surface area contributed by atoms with Crippen LogP contribution in [0, 0.1) is 0 Å². The summed E-state index contributed by atoms with van der Waals surface area (Å²) in [7, 11) is 0. The first-order valence-electron chi connectivity index (χ1n) is 8.77. The Morgan fingerprint density at radius 3 is 2.58 bits per heavy atom. The minimum atomic E-state index is 1.02. The first kappa shape index (κ1) is 14.9. The third-order valence-electron chi connectivity index (χ3n) is 4.74. The summed E-state index contributed by atoms with van der Waals surface area (Å²) in [5.41, 5.74) is 3.55. The van der Waals surface area contributed by atoms with Crippen LogP contribution in [0.5, 0.6) is 0 Å². The number of hydrogen-bond donors (Lipinski definition) is 0. The van der Waals surface area contributed by atoms with Gasteiger partial charge in [0.05, 0.1) is 5.69 Å². The fourth-order valence-electron chi connectivity index (χ4n) is 3.45. The molecule has 2 heterocycles. The van der Waals surface area contributed by atoms with Gasteiger partial charge in [-0.25, -0.2) is 0 Å². The first-order valence-corrected chi connectivity index (χ1v) is 8.77. The predicted molar refractivity (Wildman–Crippen MR) is 103 cm³/mol. The zero-order chi connectivity index (χ0) is 16.2. The van der Waals surface area contributed by atoms with Gasteiger partial charge < -0.3 is 4.90 Å². The third kappa shape index (κ3) is 3.18. The second-order valence-electron chi connectivity index (χ2n) is 6.39. The van der Waals surface area contributed by atoms with Gasteiger partial charge in [0.2, 0.25) is 0 Å². The molecule has 1 aliphatic rings. The molecule has 1 saturated heterocycles. The standard InChI is InChI=1S/C22H22N2/c1-4-15-24(16-5-1)21-13-14-23-20(17-21)12-11-19-9-6-8-18-7-2-3-10-22(18)19/h2-3,6-14,17H,1,4-5,15-16H2/b12-11-. The molecule has 24 heavy (non-hydrogen) atoms. The van der Waals surface area contributed by atoms with E-state index in [4.69, 9.17) is 0 Å². The van der Waals surface area contributed by atoms with Crippen molar-refractivity contribution in [3.05, 3.63) is 72.1 Å². The monoisotopic (exact) mass is 314 g/mol. The van der Waals surface area contributed by atoms with Crippen molar-refractivity contribution in [2.24, 2.45) is 0 Å². The van der Waals surface area contributed by atoms with Crippen LogP contribution in [0.15, 0.2) is 60.8 Å². The number of rotatable bonds is 3. The fourth-order valence-corrected chi connectivity index (χ4v) is 3.45. The number of piperidine rings is 1. The highest BCUT2D eigenvalue weighted by Crippen LogP contribution is 2.23. The summed E-state index contributed by atoms with van der Waals surface area (Å²) in [5, 5.41) is 2.55. The molecule has 0 atom stereocenters. The maximum absolute atomic E-state index is 4.52. The SMILES string of the molecule is C(=C/c1cccc2ccccc12)/c1cc(N2CCCCC2)ccn1. The summed E-state index contributed by atoms with van der Waals surface area (Å²) in [6.45, 7) is 2.33. The van der Waals surface area contributed by atoms with Crippen molar-refractivity contribution in [2.75, 3.05) is 18.0 Å². The molecule has 0 aliphatic carbocycles. The maximum Gasteiger partial charge on any atom is 0.0650 e. The Morgan fingerprint density at radius 2 is 1.67 bits per heavy atom. The van der Waals surface area contributed by atoms with Crippen molar-refractivity contribution in [1.82, 2.24) is 4.98 Å². The van der Waals surface area contributed by atoms with Gasteiger partial charge in [0.15, 0.2) is 0 Å². The van der Waals surface area contributed by atoms with Gasteiger partial charge in [-0.1, -0.05) is 48.5 Å². The molecule has 2 heteroatoms. The van der Waals surface area contributed by atoms with Gasteiger partial charge in [-0.05, 0) is 53.8 Å². The van der Waals surface area contributed by atoms with Gasteiger partial charge >= 0.3 is 0 Å². The second-order valence-corrected chi connectivity index (χ2v) is 6.39. The Balaban J connectivity index is 1.61. The molecule has 0 N–H and O–H groups in total. The molecule has 1 aromatic heterocycles. The first-order chi connectivity index (χ1) is 11.9. The Morgan fingerprint density at radius 1 is 0.833 bits per heavy atom. The molecular weight excluding hydrogens is 292 g/mol. The van der Waals surface area contributed by atoms with Gasteiger partial charge in [0, 0.05) is 25.0 Å². The van der Waals surface area contributed by atoms with Crippen LogP contribution in [-0.2, 0) is 0 Å². The Bertz CT molecular complexity index is 855. The van der Waals surface area contributed by atoms with Crippen LogP contribution in [0.4, 0.5) is 5.69 Å². The van der Waals surface area contributed by atoms with E-state index in [9.17, 15) is 0 Å². The van der Waals surface area contributed by atoms with E-state index in [0.29, 0.717) is 0 Å². The Hall–Kier alpha value is -2.61. The maximum atomic E-state index is 4.52. The lowest BCUT2D eigenvalue weighted by Gasteiger charge is -2.28. The Labute approximate surface area is 143 Å². The van der Waals surface area contributed by atoms with E-state index in [-0.39, 0.29) is 0 Å². The minimum Gasteiger partial charge on any atom is -0.371 e. The molecule has 0 saturated carbocycles. The molecular formula is C22H22N2. The van der Waals surface area contributed by atoms with Crippen LogP contribution in [0.1, 0.15) is 30.5 Å². The lowest BCUT2D eigenvalue weighted by atomic mass is 10.0. The summed E-state index contributed by atoms with van der Waals surface area (Å²) in [6.07, 6.45) is 10.2. The van der Waals surface area contributed by atoms with Crippen LogP contribution >= 0.6 is 0 Å². The zero-order valence-electron chi connectivity index (χ0n) is 13.9. The summed E-state index contributed by atoms with van der Waals surface area (Å²) in [4.78, 5) is 6.99. The molecule has 0 spiro atoms. The van der Waals surface area contributed by atoms with Crippen LogP contribution in [0.2, 0.25) is 0 Å². The van der Waals surface area contributed by atoms with Gasteiger partial charge in [-0.15, -0.1) is 0 Å². The molecule has 4 rings (SSSR count). The van der Waals surface area contributed by atoms with E-state index in [0.717, 1.165) is 18.8 Å². The number of aromatic nitrogens is 1. The highest BCUT2D eigenvalue weighted by Gasteiger charge is 2.10. The highest BCUT2D eigenvalue weighted by molar-refractivity contribution is 5.92. The van der Waals surface area contributed by atoms with Crippen molar-refractivity contribution in [3.8, 4) is 0 Å². The molecule has 2 aromatic carbocycles. The van der Waals surface area contributed by atoms with E-state index in [1.807, 2.05) is 6.20 Å². The van der Waals surface area contributed by atoms with Gasteiger partial charge in [-0.2, -0.15) is 0 Å². The molecule has 0 amide bonds. The van der Waals surface area contributed by atoms with Crippen LogP contribution in [0.3, 0.4) is 0 Å². The molecule has 0 radical (unpaired) electrons. The summed E-state index contributed by atoms with van der Waals surface area (Å²) in [5.74, 6) is 0. The molecule has 120 valence electrons. The van der Waals surface area contributed by atoms with Crippen molar-refractivity contribution in [2.45, 2.75) is 19.3 Å². The smallest absolute Gasteiger partial charge is 0.0650 e. The lowest BCUT2D eigenvalue weighted by Crippen LogP contribution is -2.29. The number of benzene rings is 2. The summed E-state index contributed by atoms with van der Waals surface area (Å²) < 4.78 is 0. The van der Waals surface area contributed by atoms with E-state index < -0.39 is 0 Å². The van der Waals surface area contributed by atoms with Gasteiger partial charge in [0.25, 0.3) is 0 Å². The van der Waals surface area contributed by atoms with Crippen molar-refractivity contribution >= 4 is 28.6 Å². The van der Waals surface area contributed by atoms with E-state index in [1.54, 1.807) is 0 Å². The lowest BCUT2D eigenvalue weighted by molar-refractivity contribution is 0.577. The predicted octanol–water partition coefficient (Wildman–Crippen LogP) is 5.40. The number of nitrogens with zero attached hydrogens (tertiary/aromatic N) is 2. The number of anilines is 1. The molecule has 3 aromatic rings. The summed E-state index contributed by atoms with van der Waals surface area (Å²) in [6, 6.07) is 19.3. The highest BCUT2D eigenvalue weighted by atomic mass is 15.1. The largest absolute Gasteiger partial charge is 0.371 e. The van der Waals surface area contributed by atoms with Crippen LogP contribution in [0.25, 0.3) is 22.9 Å². The average molecular weight is 314 g/mol. The van der Waals surface area contributed by atoms with Crippen molar-refractivity contribution < 1.29 is 0 Å². The zero-order valence-corrected chi connectivity index (χ0v) is 13.9. The summed E-state index contributed by atoms with van der Waals surface area (Å²) >= 11 is 0. The topological polar surface area (TPSA) is 16.1 Å². The Kier molecular flexibility index (Phi) is 4.28. The normalized spacial score (nSPS) is 15.2. The van der Waals surface area contributed by atoms with Crippen molar-refractivity contribution in [1.29, 1.82) is 0 Å². The fraction of sp³-hybridized carbons (Fsp3) is 0.227. The van der Waals surface area contributed by atoms with Gasteiger partial charge in [0.1, 0.15) is 0 Å². The number of pyridine rings is 1. The number of hydrogen-bond acceptors (Lipinski definition) is 2. The van der Waals surface area contributed by atoms with Crippen LogP contribution in [-0.4, -0.2) is 18.1 Å². The average Bonchev–Trinajstić information content (AvgIpc) is 2.67. The third-order valence-corrected chi connectivity index (χ3v) is 4.74. The molecule has 0 bridgehead atoms. The molecule has 1 aliphatic heterocycles. The molecule has 2 nitrogen and oxygen atoms in total. The minimum absolute atomic E-state index is 1.02. The van der Waals surface area contributed by atoms with Crippen LogP contribution < -0.4 is 4.90 Å². The molecule has 1 fully saturated rings. The van der Waals surface area contributed by atoms with Gasteiger partial charge in [-0.3, -0.25) is 4.98 Å². The van der Waals surface area contributed by atoms with E-state index in [1.165, 1.54) is 41.3 Å². The molecule has 0 unspecified atom stereocenters. The van der Waals surface area contributed by atoms with E-state index >= 15 is 0 Å². The number of fused-ring (bicyclic) bond motifs is 1. The van der Waals surface area contributed by atoms with Crippen molar-refractivity contribution in [3.63, 3.8) is 0 Å². The second kappa shape index (κ2) is 6.88. The van der Waals surface area contributed by atoms with E-state index in [2.05, 4.69) is 76.6 Å². The quantitative estimate of drug-likeness (QED) is 0.644.